The standard InChI is InChI=1S/C23H32N2O4.C20H31NO4/c1-3-4-5-10-17(26)11-8-14-20-23(21(27)15-9-16-22(28)29-2)25-19-13-7-6-12-18(19)24-20;1-3-4-5-9-17(22)10-6-8-16-15-21-14-13-18(16)19(23)11-7-12-20(24)25-2/h6-8,12-14,17,21,26-27H,3-5,9-11,15-16H2,1-2H3;6,8,13-15,17,19,22-23H,3-5,7,9-12H2,1-2H3/b14-8+;8-6+. The molecule has 298 valence electrons. The van der Waals surface area contributed by atoms with Crippen molar-refractivity contribution in [3.63, 3.8) is 0 Å². The van der Waals surface area contributed by atoms with Crippen LogP contribution in [-0.2, 0) is 19.1 Å². The van der Waals surface area contributed by atoms with E-state index in [2.05, 4.69) is 38.3 Å². The lowest BCUT2D eigenvalue weighted by Crippen LogP contribution is -2.08. The minimum atomic E-state index is -0.828. The lowest BCUT2D eigenvalue weighted by atomic mass is 9.99. The maximum absolute atomic E-state index is 11.3. The van der Waals surface area contributed by atoms with E-state index < -0.39 is 12.2 Å². The Kier molecular flexibility index (Phi) is 23.5. The third-order valence-corrected chi connectivity index (χ3v) is 9.03. The van der Waals surface area contributed by atoms with Crippen LogP contribution in [0.4, 0.5) is 0 Å². The molecule has 4 N–H and O–H groups in total. The summed E-state index contributed by atoms with van der Waals surface area (Å²) in [5, 5.41) is 41.1. The Morgan fingerprint density at radius 2 is 1.22 bits per heavy atom. The van der Waals surface area contributed by atoms with Crippen LogP contribution in [0.2, 0.25) is 0 Å². The van der Waals surface area contributed by atoms with Gasteiger partial charge in [-0.05, 0) is 86.8 Å². The number of pyridine rings is 1. The molecule has 54 heavy (non-hydrogen) atoms. The van der Waals surface area contributed by atoms with Gasteiger partial charge in [0.15, 0.2) is 0 Å². The molecule has 0 aliphatic rings. The first-order chi connectivity index (χ1) is 26.1. The number of rotatable bonds is 24. The van der Waals surface area contributed by atoms with Crippen molar-refractivity contribution in [2.45, 2.75) is 141 Å². The SMILES string of the molecule is CCCCCC(O)C/C=C/c1cnccc1C(O)CCCC(=O)OC.CCCCCC(O)C/C=C/c1nc2ccccc2nc1C(O)CCCC(=O)OC. The number of benzene rings is 1. The fourth-order valence-electron chi connectivity index (χ4n) is 5.82. The van der Waals surface area contributed by atoms with E-state index in [1.807, 2.05) is 48.6 Å². The Bertz CT molecular complexity index is 1560. The van der Waals surface area contributed by atoms with Crippen LogP contribution in [0.3, 0.4) is 0 Å². The zero-order valence-corrected chi connectivity index (χ0v) is 32.7. The van der Waals surface area contributed by atoms with Crippen molar-refractivity contribution in [2.24, 2.45) is 0 Å². The number of methoxy groups -OCH3 is 2. The molecule has 0 bridgehead atoms. The maximum atomic E-state index is 11.3. The van der Waals surface area contributed by atoms with Crippen molar-refractivity contribution in [3.05, 3.63) is 77.4 Å². The van der Waals surface area contributed by atoms with Crippen molar-refractivity contribution in [1.82, 2.24) is 15.0 Å². The van der Waals surface area contributed by atoms with Crippen LogP contribution in [0.25, 0.3) is 23.2 Å². The van der Waals surface area contributed by atoms with E-state index in [0.717, 1.165) is 68.0 Å². The number of nitrogens with zero attached hydrogens (tertiary/aromatic N) is 3. The first kappa shape index (κ1) is 46.1. The molecule has 0 fully saturated rings. The normalized spacial score (nSPS) is 13.7. The molecule has 3 rings (SSSR count). The topological polar surface area (TPSA) is 172 Å². The molecule has 11 heteroatoms. The molecule has 2 heterocycles. The number of para-hydroxylation sites is 2. The van der Waals surface area contributed by atoms with Gasteiger partial charge in [-0.25, -0.2) is 9.97 Å². The summed E-state index contributed by atoms with van der Waals surface area (Å²) >= 11 is 0. The molecule has 1 aromatic carbocycles. The second kappa shape index (κ2) is 27.5. The second-order valence-electron chi connectivity index (χ2n) is 13.5. The smallest absolute Gasteiger partial charge is 0.305 e. The number of ether oxygens (including phenoxy) is 2. The summed E-state index contributed by atoms with van der Waals surface area (Å²) in [7, 11) is 2.72. The molecule has 2 aromatic heterocycles. The summed E-state index contributed by atoms with van der Waals surface area (Å²) in [5.41, 5.74) is 4.18. The lowest BCUT2D eigenvalue weighted by Gasteiger charge is -2.13. The average molecular weight is 750 g/mol. The molecule has 0 aliphatic heterocycles. The Morgan fingerprint density at radius 3 is 1.78 bits per heavy atom. The van der Waals surface area contributed by atoms with E-state index >= 15 is 0 Å². The monoisotopic (exact) mass is 749 g/mol. The molecule has 0 aliphatic carbocycles. The van der Waals surface area contributed by atoms with Gasteiger partial charge in [-0.1, -0.05) is 82.7 Å². The second-order valence-corrected chi connectivity index (χ2v) is 13.5. The number of esters is 2. The van der Waals surface area contributed by atoms with Crippen molar-refractivity contribution in [2.75, 3.05) is 14.2 Å². The fourth-order valence-corrected chi connectivity index (χ4v) is 5.82. The first-order valence-corrected chi connectivity index (χ1v) is 19.5. The van der Waals surface area contributed by atoms with Crippen LogP contribution in [0, 0.1) is 0 Å². The van der Waals surface area contributed by atoms with E-state index in [1.165, 1.54) is 14.2 Å². The molecule has 4 atom stereocenters. The quantitative estimate of drug-likeness (QED) is 0.0514. The van der Waals surface area contributed by atoms with Gasteiger partial charge in [-0.2, -0.15) is 0 Å². The predicted molar refractivity (Wildman–Crippen MR) is 213 cm³/mol. The molecule has 11 nitrogen and oxygen atoms in total. The van der Waals surface area contributed by atoms with Crippen LogP contribution < -0.4 is 0 Å². The van der Waals surface area contributed by atoms with E-state index in [9.17, 15) is 30.0 Å². The third kappa shape index (κ3) is 18.3. The molecular weight excluding hydrogens is 686 g/mol. The van der Waals surface area contributed by atoms with E-state index in [4.69, 9.17) is 0 Å². The predicted octanol–water partition coefficient (Wildman–Crippen LogP) is 8.15. The van der Waals surface area contributed by atoms with Gasteiger partial charge in [0.05, 0.1) is 61.1 Å². The highest BCUT2D eigenvalue weighted by Gasteiger charge is 2.17. The molecular formula is C43H63N3O8. The Hall–Kier alpha value is -4.03. The van der Waals surface area contributed by atoms with Crippen LogP contribution in [0.1, 0.15) is 151 Å². The van der Waals surface area contributed by atoms with Gasteiger partial charge in [0, 0.05) is 25.2 Å². The van der Waals surface area contributed by atoms with Gasteiger partial charge in [0.1, 0.15) is 0 Å². The summed E-state index contributed by atoms with van der Waals surface area (Å²) in [4.78, 5) is 35.8. The molecule has 0 saturated heterocycles. The Balaban J connectivity index is 0.000000378. The Labute approximate surface area is 321 Å². The zero-order valence-electron chi connectivity index (χ0n) is 32.7. The molecule has 0 radical (unpaired) electrons. The molecule has 0 amide bonds. The largest absolute Gasteiger partial charge is 0.469 e. The highest BCUT2D eigenvalue weighted by atomic mass is 16.5. The highest BCUT2D eigenvalue weighted by Crippen LogP contribution is 2.25. The number of unbranched alkanes of at least 4 members (excludes halogenated alkanes) is 4. The molecule has 0 saturated carbocycles. The zero-order chi connectivity index (χ0) is 39.6. The molecule has 4 unspecified atom stereocenters. The van der Waals surface area contributed by atoms with Crippen LogP contribution in [0.5, 0.6) is 0 Å². The number of aliphatic hydroxyl groups excluding tert-OH is 4. The number of carbonyl (C=O) groups excluding carboxylic acids is 2. The van der Waals surface area contributed by atoms with E-state index in [1.54, 1.807) is 18.5 Å². The number of hydrogen-bond donors (Lipinski definition) is 4. The summed E-state index contributed by atoms with van der Waals surface area (Å²) in [6.45, 7) is 4.29. The van der Waals surface area contributed by atoms with Gasteiger partial charge >= 0.3 is 11.9 Å². The van der Waals surface area contributed by atoms with Crippen LogP contribution in [0.15, 0.2) is 54.9 Å². The van der Waals surface area contributed by atoms with Crippen molar-refractivity contribution in [1.29, 1.82) is 0 Å². The number of aliphatic hydroxyl groups is 4. The number of aromatic nitrogens is 3. The summed E-state index contributed by atoms with van der Waals surface area (Å²) in [5.74, 6) is -0.557. The summed E-state index contributed by atoms with van der Waals surface area (Å²) < 4.78 is 9.25. The van der Waals surface area contributed by atoms with Crippen molar-refractivity contribution < 1.29 is 39.5 Å². The van der Waals surface area contributed by atoms with Gasteiger partial charge < -0.3 is 29.9 Å². The van der Waals surface area contributed by atoms with Gasteiger partial charge in [0.25, 0.3) is 0 Å². The highest BCUT2D eigenvalue weighted by molar-refractivity contribution is 5.76. The third-order valence-electron chi connectivity index (χ3n) is 9.03. The maximum Gasteiger partial charge on any atom is 0.305 e. The minimum Gasteiger partial charge on any atom is -0.469 e. The van der Waals surface area contributed by atoms with Crippen molar-refractivity contribution in [3.8, 4) is 0 Å². The average Bonchev–Trinajstić information content (AvgIpc) is 3.18. The number of fused-ring (bicyclic) bond motifs is 1. The van der Waals surface area contributed by atoms with Gasteiger partial charge in [0.2, 0.25) is 0 Å². The number of carbonyl (C=O) groups is 2. The molecule has 3 aromatic rings. The van der Waals surface area contributed by atoms with Gasteiger partial charge in [-0.3, -0.25) is 14.6 Å². The van der Waals surface area contributed by atoms with E-state index in [-0.39, 0.29) is 30.6 Å². The summed E-state index contributed by atoms with van der Waals surface area (Å²) in [6.07, 6.45) is 20.5. The number of hydrogen-bond acceptors (Lipinski definition) is 11. The van der Waals surface area contributed by atoms with Crippen LogP contribution in [-0.4, -0.2) is 73.7 Å². The summed E-state index contributed by atoms with van der Waals surface area (Å²) in [6, 6.07) is 9.31. The molecule has 0 spiro atoms. The van der Waals surface area contributed by atoms with Gasteiger partial charge in [-0.15, -0.1) is 0 Å². The fraction of sp³-hybridized carbons (Fsp3) is 0.558. The van der Waals surface area contributed by atoms with E-state index in [0.29, 0.717) is 61.9 Å². The Morgan fingerprint density at radius 1 is 0.685 bits per heavy atom. The van der Waals surface area contributed by atoms with Crippen molar-refractivity contribution >= 4 is 35.1 Å². The first-order valence-electron chi connectivity index (χ1n) is 19.5. The van der Waals surface area contributed by atoms with Crippen LogP contribution >= 0.6 is 0 Å². The lowest BCUT2D eigenvalue weighted by molar-refractivity contribution is -0.141. The minimum absolute atomic E-state index is 0.254.